The summed E-state index contributed by atoms with van der Waals surface area (Å²) in [6, 6.07) is 0. The van der Waals surface area contributed by atoms with Crippen LogP contribution in [0.4, 0.5) is 0 Å². The van der Waals surface area contributed by atoms with Crippen LogP contribution in [0.15, 0.2) is 0 Å². The molecular weight excluding hydrogens is 192 g/mol. The lowest BCUT2D eigenvalue weighted by Crippen LogP contribution is -2.49. The summed E-state index contributed by atoms with van der Waals surface area (Å²) in [7, 11) is 1.91. The zero-order valence-corrected chi connectivity index (χ0v) is 9.53. The van der Waals surface area contributed by atoms with Crippen molar-refractivity contribution in [1.82, 2.24) is 10.2 Å². The van der Waals surface area contributed by atoms with E-state index >= 15 is 0 Å². The average Bonchev–Trinajstić information content (AvgIpc) is 2.95. The molecule has 2 aliphatic rings. The number of nitrogens with zero attached hydrogens (tertiary/aromatic N) is 1. The normalized spacial score (nSPS) is 35.3. The molecule has 0 aromatic rings. The van der Waals surface area contributed by atoms with E-state index in [4.69, 9.17) is 4.74 Å². The Morgan fingerprint density at radius 1 is 1.60 bits per heavy atom. The lowest BCUT2D eigenvalue weighted by Gasteiger charge is -2.33. The van der Waals surface area contributed by atoms with Gasteiger partial charge < -0.3 is 15.0 Å². The number of rotatable bonds is 3. The van der Waals surface area contributed by atoms with E-state index in [0.29, 0.717) is 24.3 Å². The molecule has 2 fully saturated rings. The average molecular weight is 212 g/mol. The molecule has 0 spiro atoms. The van der Waals surface area contributed by atoms with E-state index in [1.165, 1.54) is 0 Å². The predicted molar refractivity (Wildman–Crippen MR) is 57.5 cm³/mol. The Morgan fingerprint density at radius 3 is 2.93 bits per heavy atom. The summed E-state index contributed by atoms with van der Waals surface area (Å²) in [4.78, 5) is 13.9. The van der Waals surface area contributed by atoms with E-state index in [9.17, 15) is 4.79 Å². The zero-order chi connectivity index (χ0) is 10.8. The maximum atomic E-state index is 12.0. The third kappa shape index (κ3) is 2.49. The summed E-state index contributed by atoms with van der Waals surface area (Å²) in [6.07, 6.45) is 1.24. The van der Waals surface area contributed by atoms with Crippen LogP contribution in [0.2, 0.25) is 0 Å². The van der Waals surface area contributed by atoms with Crippen molar-refractivity contribution in [3.8, 4) is 0 Å². The monoisotopic (exact) mass is 212 g/mol. The largest absolute Gasteiger partial charge is 0.373 e. The first kappa shape index (κ1) is 10.9. The van der Waals surface area contributed by atoms with Crippen LogP contribution in [-0.4, -0.2) is 50.2 Å². The minimum Gasteiger partial charge on any atom is -0.373 e. The van der Waals surface area contributed by atoms with Gasteiger partial charge in [-0.15, -0.1) is 0 Å². The summed E-state index contributed by atoms with van der Waals surface area (Å²) in [6.45, 7) is 5.17. The van der Waals surface area contributed by atoms with E-state index in [1.54, 1.807) is 0 Å². The number of ether oxygens (including phenoxy) is 1. The number of hydrogen-bond donors (Lipinski definition) is 1. The molecule has 15 heavy (non-hydrogen) atoms. The lowest BCUT2D eigenvalue weighted by atomic mass is 10.2. The van der Waals surface area contributed by atoms with Gasteiger partial charge in [-0.25, -0.2) is 0 Å². The van der Waals surface area contributed by atoms with Crippen molar-refractivity contribution < 1.29 is 9.53 Å². The molecular formula is C11H20N2O2. The van der Waals surface area contributed by atoms with Gasteiger partial charge in [0, 0.05) is 25.6 Å². The van der Waals surface area contributed by atoms with Crippen molar-refractivity contribution >= 4 is 5.91 Å². The van der Waals surface area contributed by atoms with Crippen molar-refractivity contribution in [3.05, 3.63) is 0 Å². The molecule has 1 amide bonds. The molecule has 3 unspecified atom stereocenters. The fourth-order valence-electron chi connectivity index (χ4n) is 2.17. The van der Waals surface area contributed by atoms with E-state index in [-0.39, 0.29) is 6.10 Å². The molecule has 86 valence electrons. The van der Waals surface area contributed by atoms with Crippen LogP contribution < -0.4 is 5.32 Å². The third-order valence-corrected chi connectivity index (χ3v) is 3.31. The van der Waals surface area contributed by atoms with E-state index in [0.717, 1.165) is 26.1 Å². The number of hydrogen-bond acceptors (Lipinski definition) is 3. The van der Waals surface area contributed by atoms with Gasteiger partial charge in [-0.3, -0.25) is 4.79 Å². The van der Waals surface area contributed by atoms with Gasteiger partial charge >= 0.3 is 0 Å². The first-order valence-corrected chi connectivity index (χ1v) is 5.77. The van der Waals surface area contributed by atoms with Crippen molar-refractivity contribution in [2.75, 3.05) is 33.3 Å². The fraction of sp³-hybridized carbons (Fsp3) is 0.909. The standard InChI is InChI=1S/C11H20N2O2/c1-8-5-10(8)11(14)13-3-4-15-9(7-13)6-12-2/h8-10,12H,3-7H2,1-2H3. The zero-order valence-electron chi connectivity index (χ0n) is 9.53. The van der Waals surface area contributed by atoms with Crippen LogP contribution in [0.25, 0.3) is 0 Å². The smallest absolute Gasteiger partial charge is 0.226 e. The van der Waals surface area contributed by atoms with Crippen molar-refractivity contribution in [2.24, 2.45) is 11.8 Å². The minimum atomic E-state index is 0.168. The minimum absolute atomic E-state index is 0.168. The first-order chi connectivity index (χ1) is 7.22. The number of carbonyl (C=O) groups is 1. The molecule has 1 aliphatic carbocycles. The highest BCUT2D eigenvalue weighted by Crippen LogP contribution is 2.39. The Balaban J connectivity index is 1.84. The second-order valence-electron chi connectivity index (χ2n) is 4.65. The molecule has 1 saturated heterocycles. The second-order valence-corrected chi connectivity index (χ2v) is 4.65. The maximum Gasteiger partial charge on any atom is 0.226 e. The van der Waals surface area contributed by atoms with Crippen molar-refractivity contribution in [1.29, 1.82) is 0 Å². The highest BCUT2D eigenvalue weighted by molar-refractivity contribution is 5.81. The van der Waals surface area contributed by atoms with Gasteiger partial charge in [-0.2, -0.15) is 0 Å². The maximum absolute atomic E-state index is 12.0. The highest BCUT2D eigenvalue weighted by Gasteiger charge is 2.42. The Labute approximate surface area is 91.0 Å². The van der Waals surface area contributed by atoms with Gasteiger partial charge in [0.05, 0.1) is 12.7 Å². The summed E-state index contributed by atoms with van der Waals surface area (Å²) in [5.74, 6) is 1.24. The summed E-state index contributed by atoms with van der Waals surface area (Å²) < 4.78 is 5.57. The van der Waals surface area contributed by atoms with Crippen LogP contribution in [0.1, 0.15) is 13.3 Å². The van der Waals surface area contributed by atoms with Crippen molar-refractivity contribution in [3.63, 3.8) is 0 Å². The number of morpholine rings is 1. The summed E-state index contributed by atoms with van der Waals surface area (Å²) >= 11 is 0. The Bertz CT molecular complexity index is 243. The molecule has 1 saturated carbocycles. The lowest BCUT2D eigenvalue weighted by molar-refractivity contribution is -0.140. The summed E-state index contributed by atoms with van der Waals surface area (Å²) in [5, 5.41) is 3.09. The van der Waals surface area contributed by atoms with E-state index in [2.05, 4.69) is 12.2 Å². The molecule has 2 rings (SSSR count). The molecule has 0 bridgehead atoms. The van der Waals surface area contributed by atoms with Crippen LogP contribution in [0.3, 0.4) is 0 Å². The molecule has 3 atom stereocenters. The Kier molecular flexibility index (Phi) is 3.26. The molecule has 0 radical (unpaired) electrons. The SMILES string of the molecule is CNCC1CN(C(=O)C2CC2C)CCO1. The van der Waals surface area contributed by atoms with Crippen LogP contribution in [0.5, 0.6) is 0 Å². The highest BCUT2D eigenvalue weighted by atomic mass is 16.5. The molecule has 1 heterocycles. The van der Waals surface area contributed by atoms with E-state index < -0.39 is 0 Å². The molecule has 1 N–H and O–H groups in total. The van der Waals surface area contributed by atoms with Crippen LogP contribution in [-0.2, 0) is 9.53 Å². The molecule has 1 aliphatic heterocycles. The molecule has 4 nitrogen and oxygen atoms in total. The van der Waals surface area contributed by atoms with Gasteiger partial charge in [0.15, 0.2) is 0 Å². The Hall–Kier alpha value is -0.610. The molecule has 0 aromatic heterocycles. The Morgan fingerprint density at radius 2 is 2.33 bits per heavy atom. The third-order valence-electron chi connectivity index (χ3n) is 3.31. The number of amides is 1. The topological polar surface area (TPSA) is 41.6 Å². The van der Waals surface area contributed by atoms with Crippen molar-refractivity contribution in [2.45, 2.75) is 19.4 Å². The van der Waals surface area contributed by atoms with Gasteiger partial charge in [0.1, 0.15) is 0 Å². The fourth-order valence-corrected chi connectivity index (χ4v) is 2.17. The number of nitrogens with one attached hydrogen (secondary N) is 1. The van der Waals surface area contributed by atoms with Gasteiger partial charge in [0.25, 0.3) is 0 Å². The van der Waals surface area contributed by atoms with Crippen LogP contribution >= 0.6 is 0 Å². The predicted octanol–water partition coefficient (Wildman–Crippen LogP) is 0.0892. The quantitative estimate of drug-likeness (QED) is 0.721. The van der Waals surface area contributed by atoms with Gasteiger partial charge in [-0.1, -0.05) is 6.92 Å². The molecule has 4 heteroatoms. The van der Waals surface area contributed by atoms with Gasteiger partial charge in [0.2, 0.25) is 5.91 Å². The second kappa shape index (κ2) is 4.49. The number of likely N-dealkylation sites (N-methyl/N-ethyl adjacent to an activating group) is 1. The summed E-state index contributed by atoms with van der Waals surface area (Å²) in [5.41, 5.74) is 0. The number of carbonyl (C=O) groups excluding carboxylic acids is 1. The molecule has 0 aromatic carbocycles. The first-order valence-electron chi connectivity index (χ1n) is 5.77. The van der Waals surface area contributed by atoms with Gasteiger partial charge in [-0.05, 0) is 19.4 Å². The van der Waals surface area contributed by atoms with E-state index in [1.807, 2.05) is 11.9 Å². The van der Waals surface area contributed by atoms with Crippen LogP contribution in [0, 0.1) is 11.8 Å².